The van der Waals surface area contributed by atoms with Gasteiger partial charge in [-0.05, 0) is 6.92 Å². The average Bonchev–Trinajstić information content (AvgIpc) is 2.42. The van der Waals surface area contributed by atoms with Crippen LogP contribution < -0.4 is 0 Å². The lowest BCUT2D eigenvalue weighted by atomic mass is 9.85. The van der Waals surface area contributed by atoms with Crippen LogP contribution in [0, 0.1) is 0 Å². The van der Waals surface area contributed by atoms with Gasteiger partial charge in [0, 0.05) is 0 Å². The fourth-order valence-corrected chi connectivity index (χ4v) is 1.58. The summed E-state index contributed by atoms with van der Waals surface area (Å²) in [6.45, 7) is -1.33. The Kier molecular flexibility index (Phi) is 6.36. The summed E-state index contributed by atoms with van der Waals surface area (Å²) in [5.74, 6) is -33.6. The van der Waals surface area contributed by atoms with Crippen LogP contribution in [-0.2, 0) is 4.74 Å². The second kappa shape index (κ2) is 6.65. The Hall–Kier alpha value is -1.23. The van der Waals surface area contributed by atoms with E-state index < -0.39 is 54.4 Å². The second-order valence-electron chi connectivity index (χ2n) is 4.90. The number of halogens is 17. The van der Waals surface area contributed by atoms with Gasteiger partial charge in [0.1, 0.15) is 0 Å². The summed E-state index contributed by atoms with van der Waals surface area (Å²) in [4.78, 5) is 0. The first-order valence-corrected chi connectivity index (χ1v) is 6.16. The molecular weight excluding hydrogens is 459 g/mol. The highest BCUT2D eigenvalue weighted by molar-refractivity contribution is 5.17. The van der Waals surface area contributed by atoms with Crippen LogP contribution in [0.4, 0.5) is 74.6 Å². The lowest BCUT2D eigenvalue weighted by Gasteiger charge is -2.43. The molecule has 0 aromatic heterocycles. The molecule has 0 fully saturated rings. The van der Waals surface area contributed by atoms with Crippen LogP contribution in [0.25, 0.3) is 0 Å². The molecule has 0 aliphatic heterocycles. The summed E-state index contributed by atoms with van der Waals surface area (Å²) < 4.78 is 219. The van der Waals surface area contributed by atoms with E-state index in [4.69, 9.17) is 0 Å². The van der Waals surface area contributed by atoms with Gasteiger partial charge in [-0.1, -0.05) is 0 Å². The molecular formula is C10H5F17O. The van der Waals surface area contributed by atoms with Crippen molar-refractivity contribution in [3.8, 4) is 0 Å². The van der Waals surface area contributed by atoms with Gasteiger partial charge in [-0.3, -0.25) is 0 Å². The number of rotatable bonds is 7. The Balaban J connectivity index is 6.86. The number of hydrogen-bond donors (Lipinski definition) is 0. The smallest absolute Gasteiger partial charge is 0.316 e. The summed E-state index contributed by atoms with van der Waals surface area (Å²) in [7, 11) is 0. The molecule has 0 amide bonds. The van der Waals surface area contributed by atoms with E-state index in [-0.39, 0.29) is 0 Å². The highest BCUT2D eigenvalue weighted by Gasteiger charge is 2.97. The van der Waals surface area contributed by atoms with E-state index in [0.717, 1.165) is 0 Å². The van der Waals surface area contributed by atoms with Crippen molar-refractivity contribution in [3.05, 3.63) is 0 Å². The molecule has 170 valence electrons. The molecule has 0 heterocycles. The Labute approximate surface area is 142 Å². The van der Waals surface area contributed by atoms with Gasteiger partial charge in [-0.25, -0.2) is 4.39 Å². The topological polar surface area (TPSA) is 9.23 Å². The van der Waals surface area contributed by atoms with Crippen LogP contribution >= 0.6 is 0 Å². The highest BCUT2D eigenvalue weighted by Crippen LogP contribution is 2.65. The molecule has 1 nitrogen and oxygen atoms in total. The van der Waals surface area contributed by atoms with Crippen molar-refractivity contribution in [2.75, 3.05) is 6.61 Å². The van der Waals surface area contributed by atoms with E-state index in [9.17, 15) is 74.6 Å². The number of hydrogen-bond acceptors (Lipinski definition) is 1. The zero-order chi connectivity index (χ0) is 23.4. The number of alkyl halides is 17. The van der Waals surface area contributed by atoms with Gasteiger partial charge in [0.05, 0.1) is 6.61 Å². The van der Waals surface area contributed by atoms with Crippen LogP contribution in [0.5, 0.6) is 0 Å². The normalized spacial score (nSPS) is 16.5. The lowest BCUT2D eigenvalue weighted by Crippen LogP contribution is -2.76. The van der Waals surface area contributed by atoms with Crippen molar-refractivity contribution >= 4 is 0 Å². The first kappa shape index (κ1) is 26.8. The van der Waals surface area contributed by atoms with Crippen molar-refractivity contribution in [3.63, 3.8) is 0 Å². The Morgan fingerprint density at radius 2 is 0.750 bits per heavy atom. The molecule has 0 aliphatic rings. The molecule has 28 heavy (non-hydrogen) atoms. The van der Waals surface area contributed by atoms with Crippen LogP contribution in [0.1, 0.15) is 6.92 Å². The van der Waals surface area contributed by atoms with Crippen LogP contribution in [0.2, 0.25) is 0 Å². The minimum atomic E-state index is -8.74. The van der Waals surface area contributed by atoms with Gasteiger partial charge in [0.2, 0.25) is 0 Å². The predicted molar refractivity (Wildman–Crippen MR) is 52.3 cm³/mol. The summed E-state index contributed by atoms with van der Waals surface area (Å²) >= 11 is 0. The zero-order valence-electron chi connectivity index (χ0n) is 12.5. The summed E-state index contributed by atoms with van der Waals surface area (Å²) in [5.41, 5.74) is -8.53. The van der Waals surface area contributed by atoms with Crippen LogP contribution in [0.15, 0.2) is 0 Å². The SMILES string of the molecule is CCOC(F)(F)C(F)(F)C(F)(F)C(F)(F)C(F)(F)C(F)(C(F)(F)F)C(F)(F)F. The van der Waals surface area contributed by atoms with Gasteiger partial charge in [-0.15, -0.1) is 0 Å². The predicted octanol–water partition coefficient (Wildman–Crippen LogP) is 5.99. The molecule has 0 N–H and O–H groups in total. The lowest BCUT2D eigenvalue weighted by molar-refractivity contribution is -0.480. The molecule has 18 heteroatoms. The van der Waals surface area contributed by atoms with Gasteiger partial charge < -0.3 is 4.74 Å². The third-order valence-electron chi connectivity index (χ3n) is 3.09. The van der Waals surface area contributed by atoms with Crippen molar-refractivity contribution in [2.24, 2.45) is 0 Å². The molecule has 0 aromatic carbocycles. The van der Waals surface area contributed by atoms with E-state index >= 15 is 0 Å². The minimum absolute atomic E-state index is 0.356. The first-order chi connectivity index (χ1) is 11.8. The molecule has 0 radical (unpaired) electrons. The Morgan fingerprint density at radius 1 is 0.464 bits per heavy atom. The molecule has 0 atom stereocenters. The third-order valence-corrected chi connectivity index (χ3v) is 3.09. The number of ether oxygens (including phenoxy) is 1. The maximum absolute atomic E-state index is 13.2. The molecule has 0 saturated heterocycles. The third kappa shape index (κ3) is 3.24. The van der Waals surface area contributed by atoms with Crippen molar-refractivity contribution in [1.82, 2.24) is 0 Å². The molecule has 0 unspecified atom stereocenters. The minimum Gasteiger partial charge on any atom is -0.316 e. The van der Waals surface area contributed by atoms with Crippen molar-refractivity contribution < 1.29 is 79.4 Å². The molecule has 0 saturated carbocycles. The maximum atomic E-state index is 13.2. The second-order valence-corrected chi connectivity index (χ2v) is 4.90. The first-order valence-electron chi connectivity index (χ1n) is 6.16. The molecule has 0 rings (SSSR count). The van der Waals surface area contributed by atoms with Crippen molar-refractivity contribution in [2.45, 2.75) is 54.7 Å². The molecule has 0 aromatic rings. The zero-order valence-corrected chi connectivity index (χ0v) is 12.5. The van der Waals surface area contributed by atoms with Crippen LogP contribution in [0.3, 0.4) is 0 Å². The quantitative estimate of drug-likeness (QED) is 0.421. The summed E-state index contributed by atoms with van der Waals surface area (Å²) in [5, 5.41) is 0. The van der Waals surface area contributed by atoms with E-state index in [1.165, 1.54) is 0 Å². The fraction of sp³-hybridized carbons (Fsp3) is 1.00. The van der Waals surface area contributed by atoms with Gasteiger partial charge in [-0.2, -0.15) is 70.2 Å². The monoisotopic (exact) mass is 464 g/mol. The van der Waals surface area contributed by atoms with Gasteiger partial charge in [0.25, 0.3) is 0 Å². The van der Waals surface area contributed by atoms with E-state index in [2.05, 4.69) is 4.74 Å². The largest absolute Gasteiger partial charge is 0.438 e. The molecule has 0 aliphatic carbocycles. The molecule has 0 bridgehead atoms. The standard InChI is InChI=1S/C10H5F17O/c1-2-28-10(26,27)7(18,19)6(16,17)5(14,15)4(12,13)3(11,8(20,21)22)9(23,24)25/h2H2,1H3. The fourth-order valence-electron chi connectivity index (χ4n) is 1.58. The van der Waals surface area contributed by atoms with E-state index in [0.29, 0.717) is 6.92 Å². The van der Waals surface area contributed by atoms with E-state index in [1.54, 1.807) is 0 Å². The molecule has 0 spiro atoms. The van der Waals surface area contributed by atoms with Gasteiger partial charge in [0.15, 0.2) is 0 Å². The summed E-state index contributed by atoms with van der Waals surface area (Å²) in [6.07, 6.45) is -23.0. The van der Waals surface area contributed by atoms with Gasteiger partial charge >= 0.3 is 47.8 Å². The Morgan fingerprint density at radius 3 is 1.00 bits per heavy atom. The highest BCUT2D eigenvalue weighted by atomic mass is 19.4. The Bertz CT molecular complexity index is 541. The summed E-state index contributed by atoms with van der Waals surface area (Å²) in [6, 6.07) is 0. The maximum Gasteiger partial charge on any atom is 0.438 e. The van der Waals surface area contributed by atoms with E-state index in [1.807, 2.05) is 0 Å². The average molecular weight is 464 g/mol. The van der Waals surface area contributed by atoms with Crippen LogP contribution in [-0.4, -0.2) is 54.4 Å². The van der Waals surface area contributed by atoms with Crippen molar-refractivity contribution in [1.29, 1.82) is 0 Å².